The van der Waals surface area contributed by atoms with E-state index in [1.807, 2.05) is 23.5 Å². The minimum atomic E-state index is 0.280. The number of fused-ring (bicyclic) bond motifs is 7. The van der Waals surface area contributed by atoms with Crippen LogP contribution in [0.25, 0.3) is 27.5 Å². The van der Waals surface area contributed by atoms with Gasteiger partial charge in [-0.3, -0.25) is 0 Å². The van der Waals surface area contributed by atoms with E-state index in [9.17, 15) is 0 Å². The van der Waals surface area contributed by atoms with Gasteiger partial charge in [-0.25, -0.2) is 0 Å². The van der Waals surface area contributed by atoms with Gasteiger partial charge in [-0.15, -0.1) is 0 Å². The van der Waals surface area contributed by atoms with Gasteiger partial charge in [-0.05, 0) is 46.0 Å². The second kappa shape index (κ2) is 6.59. The molecule has 0 N–H and O–H groups in total. The standard InChI is InChI=1S/C32H19B2NS2/c1-2-17-31-26-30-27-32(17)37-25-16-6-4-12-21(25)34(27)23-14-8-10-19-18-9-7-13-22(28(18)35(30)29(19)23)33(26)20-11-3-5-15-24(20)36-31/h3-16H,2H2,1H3. The Kier molecular flexibility index (Phi) is 3.52. The molecule has 6 aromatic rings. The zero-order valence-corrected chi connectivity index (χ0v) is 21.8. The second-order valence-corrected chi connectivity index (χ2v) is 12.7. The highest BCUT2D eigenvalue weighted by atomic mass is 32.2. The summed E-state index contributed by atoms with van der Waals surface area (Å²) >= 11 is 4.02. The molecule has 4 aliphatic rings. The molecule has 0 atom stereocenters. The lowest BCUT2D eigenvalue weighted by Crippen LogP contribution is -2.66. The van der Waals surface area contributed by atoms with Crippen molar-refractivity contribution in [3.05, 3.63) is 90.5 Å². The van der Waals surface area contributed by atoms with Gasteiger partial charge < -0.3 is 4.57 Å². The van der Waals surface area contributed by atoms with E-state index in [0.717, 1.165) is 6.42 Å². The number of para-hydroxylation sites is 2. The Bertz CT molecular complexity index is 1920. The van der Waals surface area contributed by atoms with Gasteiger partial charge in [0.25, 0.3) is 0 Å². The number of nitrogens with zero attached hydrogens (tertiary/aromatic N) is 1. The number of rotatable bonds is 1. The van der Waals surface area contributed by atoms with E-state index in [4.69, 9.17) is 0 Å². The van der Waals surface area contributed by atoms with Gasteiger partial charge in [0.15, 0.2) is 0 Å². The molecule has 10 rings (SSSR count). The monoisotopic (exact) mass is 503 g/mol. The van der Waals surface area contributed by atoms with Crippen molar-refractivity contribution >= 4 is 91.5 Å². The molecule has 0 saturated heterocycles. The maximum Gasteiger partial charge on any atom is 0.249 e. The smallest absolute Gasteiger partial charge is 0.249 e. The van der Waals surface area contributed by atoms with E-state index in [1.54, 1.807) is 16.5 Å². The first-order valence-electron chi connectivity index (χ1n) is 13.2. The van der Waals surface area contributed by atoms with Crippen LogP contribution >= 0.6 is 23.5 Å². The van der Waals surface area contributed by atoms with Crippen molar-refractivity contribution in [1.29, 1.82) is 0 Å². The van der Waals surface area contributed by atoms with Crippen molar-refractivity contribution in [3.8, 4) is 5.69 Å². The molecule has 37 heavy (non-hydrogen) atoms. The molecule has 4 aliphatic heterocycles. The van der Waals surface area contributed by atoms with Crippen LogP contribution in [0.15, 0.2) is 105 Å². The summed E-state index contributed by atoms with van der Waals surface area (Å²) in [5, 5.41) is 2.79. The average Bonchev–Trinajstić information content (AvgIpc) is 3.29. The minimum Gasteiger partial charge on any atom is -0.311 e. The van der Waals surface area contributed by atoms with E-state index in [2.05, 4.69) is 96.4 Å². The Hall–Kier alpha value is -3.27. The van der Waals surface area contributed by atoms with Crippen LogP contribution in [0.1, 0.15) is 12.5 Å². The molecule has 0 bridgehead atoms. The molecule has 0 amide bonds. The molecule has 5 aromatic carbocycles. The number of aromatic nitrogens is 1. The average molecular weight is 503 g/mol. The molecule has 0 radical (unpaired) electrons. The molecule has 0 spiro atoms. The van der Waals surface area contributed by atoms with Crippen molar-refractivity contribution in [2.45, 2.75) is 32.9 Å². The topological polar surface area (TPSA) is 4.93 Å². The van der Waals surface area contributed by atoms with E-state index >= 15 is 0 Å². The van der Waals surface area contributed by atoms with Crippen molar-refractivity contribution in [1.82, 2.24) is 4.57 Å². The maximum absolute atomic E-state index is 2.68. The number of benzene rings is 5. The number of hydrogen-bond donors (Lipinski definition) is 0. The summed E-state index contributed by atoms with van der Waals surface area (Å²) in [6, 6.07) is 32.4. The highest BCUT2D eigenvalue weighted by Gasteiger charge is 2.48. The van der Waals surface area contributed by atoms with Crippen LogP contribution in [0.5, 0.6) is 0 Å². The fourth-order valence-corrected chi connectivity index (χ4v) is 10.6. The van der Waals surface area contributed by atoms with Gasteiger partial charge in [-0.1, -0.05) is 114 Å². The Balaban J connectivity index is 1.52. The Labute approximate surface area is 224 Å². The predicted octanol–water partition coefficient (Wildman–Crippen LogP) is 3.93. The van der Waals surface area contributed by atoms with Crippen LogP contribution in [0.4, 0.5) is 0 Å². The molecule has 5 heterocycles. The van der Waals surface area contributed by atoms with Gasteiger partial charge in [0, 0.05) is 47.1 Å². The summed E-state index contributed by atoms with van der Waals surface area (Å²) in [7, 11) is 0. The summed E-state index contributed by atoms with van der Waals surface area (Å²) in [6.45, 7) is 2.92. The van der Waals surface area contributed by atoms with Crippen LogP contribution < -0.4 is 32.8 Å². The Morgan fingerprint density at radius 2 is 1.08 bits per heavy atom. The summed E-state index contributed by atoms with van der Waals surface area (Å²) in [5.41, 5.74) is 14.8. The molecule has 170 valence electrons. The van der Waals surface area contributed by atoms with Crippen LogP contribution in [0.3, 0.4) is 0 Å². The molecule has 1 aromatic heterocycles. The second-order valence-electron chi connectivity index (χ2n) is 10.6. The van der Waals surface area contributed by atoms with Gasteiger partial charge in [0.1, 0.15) is 0 Å². The third-order valence-corrected chi connectivity index (χ3v) is 11.6. The highest BCUT2D eigenvalue weighted by Crippen LogP contribution is 2.45. The predicted molar refractivity (Wildman–Crippen MR) is 161 cm³/mol. The lowest BCUT2D eigenvalue weighted by molar-refractivity contribution is 1.02. The van der Waals surface area contributed by atoms with Crippen molar-refractivity contribution in [2.24, 2.45) is 0 Å². The summed E-state index contributed by atoms with van der Waals surface area (Å²) in [6.07, 6.45) is 1.05. The normalized spacial score (nSPS) is 14.9. The highest BCUT2D eigenvalue weighted by molar-refractivity contribution is 8.01. The third kappa shape index (κ3) is 2.12. The Morgan fingerprint density at radius 3 is 1.59 bits per heavy atom. The Morgan fingerprint density at radius 1 is 0.595 bits per heavy atom. The van der Waals surface area contributed by atoms with Crippen molar-refractivity contribution in [2.75, 3.05) is 0 Å². The molecular formula is C32H19B2NS2. The molecule has 0 aliphatic carbocycles. The van der Waals surface area contributed by atoms with Gasteiger partial charge >= 0.3 is 0 Å². The van der Waals surface area contributed by atoms with E-state index in [0.29, 0.717) is 0 Å². The maximum atomic E-state index is 2.68. The summed E-state index contributed by atoms with van der Waals surface area (Å²) in [5.74, 6) is 0. The first-order valence-corrected chi connectivity index (χ1v) is 14.8. The van der Waals surface area contributed by atoms with E-state index < -0.39 is 0 Å². The fraction of sp³-hybridized carbons (Fsp3) is 0.0625. The number of hydrogen-bond acceptors (Lipinski definition) is 2. The summed E-state index contributed by atoms with van der Waals surface area (Å²) < 4.78 is 2.68. The molecular weight excluding hydrogens is 484 g/mol. The molecule has 0 saturated carbocycles. The van der Waals surface area contributed by atoms with Crippen LogP contribution in [0.2, 0.25) is 0 Å². The quantitative estimate of drug-likeness (QED) is 0.313. The van der Waals surface area contributed by atoms with Crippen molar-refractivity contribution in [3.63, 3.8) is 0 Å². The molecule has 5 heteroatoms. The summed E-state index contributed by atoms with van der Waals surface area (Å²) in [4.78, 5) is 5.85. The SMILES string of the molecule is CCc1c2c3c4c5c1Sc1ccccc1B5c1cccc5c6cccc(c6n-4c15)B3c1ccccc1S2. The molecule has 1 nitrogen and oxygen atoms in total. The van der Waals surface area contributed by atoms with Crippen LogP contribution in [-0.4, -0.2) is 18.0 Å². The zero-order chi connectivity index (χ0) is 24.0. The first-order chi connectivity index (χ1) is 18.3. The minimum absolute atomic E-state index is 0.280. The lowest BCUT2D eigenvalue weighted by Gasteiger charge is -2.42. The van der Waals surface area contributed by atoms with E-state index in [-0.39, 0.29) is 13.4 Å². The lowest BCUT2D eigenvalue weighted by atomic mass is 9.31. The van der Waals surface area contributed by atoms with Crippen LogP contribution in [0, 0.1) is 0 Å². The largest absolute Gasteiger partial charge is 0.311 e. The van der Waals surface area contributed by atoms with Gasteiger partial charge in [-0.2, -0.15) is 0 Å². The van der Waals surface area contributed by atoms with E-state index in [1.165, 1.54) is 68.9 Å². The van der Waals surface area contributed by atoms with Crippen molar-refractivity contribution < 1.29 is 0 Å². The van der Waals surface area contributed by atoms with Gasteiger partial charge in [0.2, 0.25) is 13.4 Å². The van der Waals surface area contributed by atoms with Gasteiger partial charge in [0.05, 0.1) is 0 Å². The van der Waals surface area contributed by atoms with Crippen LogP contribution in [-0.2, 0) is 6.42 Å². The third-order valence-electron chi connectivity index (χ3n) is 9.08. The molecule has 0 unspecified atom stereocenters. The zero-order valence-electron chi connectivity index (χ0n) is 20.2. The molecule has 0 fully saturated rings. The fourth-order valence-electron chi connectivity index (χ4n) is 7.78. The first kappa shape index (κ1) is 19.8.